The first kappa shape index (κ1) is 12.4. The van der Waals surface area contributed by atoms with E-state index < -0.39 is 17.9 Å². The van der Waals surface area contributed by atoms with E-state index >= 15 is 0 Å². The predicted octanol–water partition coefficient (Wildman–Crippen LogP) is 1.64. The first-order chi connectivity index (χ1) is 9.59. The minimum Gasteiger partial charge on any atom is -0.480 e. The van der Waals surface area contributed by atoms with Crippen molar-refractivity contribution < 1.29 is 19.2 Å². The molecule has 0 spiro atoms. The molecule has 0 saturated heterocycles. The number of para-hydroxylation sites is 1. The van der Waals surface area contributed by atoms with Crippen molar-refractivity contribution in [1.82, 2.24) is 5.16 Å². The van der Waals surface area contributed by atoms with E-state index in [1.165, 1.54) is 11.1 Å². The van der Waals surface area contributed by atoms with Gasteiger partial charge in [0.25, 0.3) is 5.91 Å². The number of carboxylic acids is 1. The Morgan fingerprint density at radius 2 is 2.15 bits per heavy atom. The van der Waals surface area contributed by atoms with Crippen LogP contribution in [0.2, 0.25) is 0 Å². The molecule has 2 aromatic rings. The van der Waals surface area contributed by atoms with Gasteiger partial charge in [0.1, 0.15) is 17.4 Å². The molecule has 1 atom stereocenters. The Morgan fingerprint density at radius 1 is 1.40 bits per heavy atom. The molecule has 1 amide bonds. The molecule has 3 rings (SSSR count). The Balaban J connectivity index is 2.07. The molecule has 0 radical (unpaired) electrons. The molecule has 0 fully saturated rings. The minimum atomic E-state index is -1.02. The van der Waals surface area contributed by atoms with Crippen molar-refractivity contribution in [2.45, 2.75) is 19.4 Å². The number of hydrogen-bond acceptors (Lipinski definition) is 4. The predicted molar refractivity (Wildman–Crippen MR) is 69.6 cm³/mol. The highest BCUT2D eigenvalue weighted by Gasteiger charge is 2.39. The molecule has 1 aliphatic rings. The second-order valence-electron chi connectivity index (χ2n) is 4.66. The molecule has 0 unspecified atom stereocenters. The monoisotopic (exact) mass is 272 g/mol. The number of nitrogens with zero attached hydrogens (tertiary/aromatic N) is 2. The summed E-state index contributed by atoms with van der Waals surface area (Å²) >= 11 is 0. The standard InChI is InChI=1S/C14H12N2O4/c1-8-10(7-15-20-8)13(17)16-11-5-3-2-4-9(11)6-12(16)14(18)19/h2-5,7,12H,6H2,1H3,(H,18,19)/t12-/m0/s1. The average Bonchev–Trinajstić information content (AvgIpc) is 3.01. The average molecular weight is 272 g/mol. The lowest BCUT2D eigenvalue weighted by Gasteiger charge is -2.22. The first-order valence-corrected chi connectivity index (χ1v) is 6.15. The lowest BCUT2D eigenvalue weighted by atomic mass is 10.1. The van der Waals surface area contributed by atoms with E-state index in [9.17, 15) is 14.7 Å². The normalized spacial score (nSPS) is 17.1. The molecule has 102 valence electrons. The number of carbonyl (C=O) groups is 2. The third kappa shape index (κ3) is 1.77. The highest BCUT2D eigenvalue weighted by molar-refractivity contribution is 6.11. The van der Waals surface area contributed by atoms with E-state index in [1.807, 2.05) is 12.1 Å². The zero-order chi connectivity index (χ0) is 14.3. The minimum absolute atomic E-state index is 0.285. The molecular weight excluding hydrogens is 260 g/mol. The van der Waals surface area contributed by atoms with Gasteiger partial charge in [-0.05, 0) is 18.6 Å². The Labute approximate surface area is 114 Å². The summed E-state index contributed by atoms with van der Waals surface area (Å²) in [5.74, 6) is -1.05. The van der Waals surface area contributed by atoms with Gasteiger partial charge in [-0.25, -0.2) is 4.79 Å². The van der Waals surface area contributed by atoms with Gasteiger partial charge in [-0.2, -0.15) is 0 Å². The molecule has 1 aliphatic heterocycles. The molecule has 0 bridgehead atoms. The summed E-state index contributed by atoms with van der Waals surface area (Å²) in [6.07, 6.45) is 1.62. The quantitative estimate of drug-likeness (QED) is 0.898. The van der Waals surface area contributed by atoms with Crippen LogP contribution in [-0.2, 0) is 11.2 Å². The number of rotatable bonds is 2. The number of amides is 1. The molecule has 20 heavy (non-hydrogen) atoms. The number of carbonyl (C=O) groups excluding carboxylic acids is 1. The van der Waals surface area contributed by atoms with Crippen LogP contribution >= 0.6 is 0 Å². The van der Waals surface area contributed by atoms with Gasteiger partial charge in [0.2, 0.25) is 0 Å². The van der Waals surface area contributed by atoms with Crippen molar-refractivity contribution in [2.75, 3.05) is 4.90 Å². The van der Waals surface area contributed by atoms with Crippen LogP contribution in [0.15, 0.2) is 35.0 Å². The zero-order valence-electron chi connectivity index (χ0n) is 10.7. The van der Waals surface area contributed by atoms with Crippen molar-refractivity contribution in [3.8, 4) is 0 Å². The largest absolute Gasteiger partial charge is 0.480 e. The fourth-order valence-corrected chi connectivity index (χ4v) is 2.47. The summed E-state index contributed by atoms with van der Waals surface area (Å²) in [4.78, 5) is 25.3. The topological polar surface area (TPSA) is 83.6 Å². The third-order valence-corrected chi connectivity index (χ3v) is 3.46. The highest BCUT2D eigenvalue weighted by atomic mass is 16.5. The van der Waals surface area contributed by atoms with Crippen LogP contribution in [0.5, 0.6) is 0 Å². The van der Waals surface area contributed by atoms with Crippen LogP contribution in [0.4, 0.5) is 5.69 Å². The molecule has 1 aromatic heterocycles. The zero-order valence-corrected chi connectivity index (χ0v) is 10.7. The molecule has 1 N–H and O–H groups in total. The molecule has 0 aliphatic carbocycles. The van der Waals surface area contributed by atoms with Crippen LogP contribution in [0.1, 0.15) is 21.7 Å². The number of aliphatic carboxylic acids is 1. The van der Waals surface area contributed by atoms with Crippen LogP contribution in [0.25, 0.3) is 0 Å². The van der Waals surface area contributed by atoms with Crippen molar-refractivity contribution in [3.63, 3.8) is 0 Å². The second kappa shape index (κ2) is 4.48. The Kier molecular flexibility index (Phi) is 2.78. The van der Waals surface area contributed by atoms with Crippen molar-refractivity contribution in [2.24, 2.45) is 0 Å². The lowest BCUT2D eigenvalue weighted by molar-refractivity contribution is -0.138. The van der Waals surface area contributed by atoms with Crippen LogP contribution in [0.3, 0.4) is 0 Å². The Hall–Kier alpha value is -2.63. The number of aryl methyl sites for hydroxylation is 1. The number of aromatic nitrogens is 1. The SMILES string of the molecule is Cc1oncc1C(=O)N1c2ccccc2C[C@H]1C(=O)O. The molecular formula is C14H12N2O4. The van der Waals surface area contributed by atoms with E-state index in [1.54, 1.807) is 19.1 Å². The molecule has 2 heterocycles. The maximum atomic E-state index is 12.6. The van der Waals surface area contributed by atoms with E-state index in [-0.39, 0.29) is 5.56 Å². The Morgan fingerprint density at radius 3 is 2.80 bits per heavy atom. The maximum Gasteiger partial charge on any atom is 0.327 e. The summed E-state index contributed by atoms with van der Waals surface area (Å²) in [5, 5.41) is 12.9. The number of benzene rings is 1. The molecule has 1 aromatic carbocycles. The van der Waals surface area contributed by atoms with Crippen molar-refractivity contribution >= 4 is 17.6 Å². The van der Waals surface area contributed by atoms with Crippen LogP contribution in [0, 0.1) is 6.92 Å². The summed E-state index contributed by atoms with van der Waals surface area (Å²) < 4.78 is 4.88. The molecule has 6 nitrogen and oxygen atoms in total. The van der Waals surface area contributed by atoms with Crippen molar-refractivity contribution in [3.05, 3.63) is 47.3 Å². The van der Waals surface area contributed by atoms with E-state index in [2.05, 4.69) is 5.16 Å². The molecule has 6 heteroatoms. The smallest absolute Gasteiger partial charge is 0.327 e. The van der Waals surface area contributed by atoms with E-state index in [0.29, 0.717) is 17.9 Å². The number of carboxylic acid groups (broad SMARTS) is 1. The van der Waals surface area contributed by atoms with Crippen LogP contribution in [-0.4, -0.2) is 28.2 Å². The fourth-order valence-electron chi connectivity index (χ4n) is 2.47. The third-order valence-electron chi connectivity index (χ3n) is 3.46. The molecule has 0 saturated carbocycles. The van der Waals surface area contributed by atoms with Gasteiger partial charge in [-0.15, -0.1) is 0 Å². The first-order valence-electron chi connectivity index (χ1n) is 6.15. The number of anilines is 1. The maximum absolute atomic E-state index is 12.6. The van der Waals surface area contributed by atoms with Gasteiger partial charge in [0.15, 0.2) is 0 Å². The van der Waals surface area contributed by atoms with Gasteiger partial charge in [-0.3, -0.25) is 9.69 Å². The summed E-state index contributed by atoms with van der Waals surface area (Å²) in [6.45, 7) is 1.62. The summed E-state index contributed by atoms with van der Waals surface area (Å²) in [5.41, 5.74) is 1.76. The van der Waals surface area contributed by atoms with Gasteiger partial charge in [0, 0.05) is 12.1 Å². The second-order valence-corrected chi connectivity index (χ2v) is 4.66. The van der Waals surface area contributed by atoms with E-state index in [4.69, 9.17) is 4.52 Å². The number of hydrogen-bond donors (Lipinski definition) is 1. The van der Waals surface area contributed by atoms with Gasteiger partial charge >= 0.3 is 5.97 Å². The lowest BCUT2D eigenvalue weighted by Crippen LogP contribution is -2.43. The number of fused-ring (bicyclic) bond motifs is 1. The van der Waals surface area contributed by atoms with Gasteiger partial charge < -0.3 is 9.63 Å². The van der Waals surface area contributed by atoms with Gasteiger partial charge in [-0.1, -0.05) is 23.4 Å². The van der Waals surface area contributed by atoms with Gasteiger partial charge in [0.05, 0.1) is 6.20 Å². The van der Waals surface area contributed by atoms with Crippen molar-refractivity contribution in [1.29, 1.82) is 0 Å². The van der Waals surface area contributed by atoms with E-state index in [0.717, 1.165) is 5.56 Å². The highest BCUT2D eigenvalue weighted by Crippen LogP contribution is 2.33. The fraction of sp³-hybridized carbons (Fsp3) is 0.214. The summed E-state index contributed by atoms with van der Waals surface area (Å²) in [6, 6.07) is 6.30. The summed E-state index contributed by atoms with van der Waals surface area (Å²) in [7, 11) is 0. The Bertz CT molecular complexity index is 692. The van der Waals surface area contributed by atoms with Crippen LogP contribution < -0.4 is 4.90 Å².